The minimum Gasteiger partial charge on any atom is -0.462 e. The maximum Gasteiger partial charge on any atom is 0.317 e. The van der Waals surface area contributed by atoms with Crippen molar-refractivity contribution in [1.29, 1.82) is 5.26 Å². The molecule has 0 aromatic carbocycles. The van der Waals surface area contributed by atoms with Crippen LogP contribution >= 0.6 is 11.3 Å². The van der Waals surface area contributed by atoms with Gasteiger partial charge >= 0.3 is 6.01 Å². The van der Waals surface area contributed by atoms with E-state index >= 15 is 0 Å². The number of hydrogen-bond donors (Lipinski definition) is 2. The number of aryl methyl sites for hydroxylation is 1. The van der Waals surface area contributed by atoms with Crippen LogP contribution in [0.4, 0.5) is 5.00 Å². The van der Waals surface area contributed by atoms with Gasteiger partial charge in [-0.1, -0.05) is 20.3 Å². The summed E-state index contributed by atoms with van der Waals surface area (Å²) in [4.78, 5) is 25.9. The molecule has 3 heterocycles. The standard InChI is InChI=1S/C27H34N6O2S/c1-4-6-17(23(29)16-7-5-8-21-22(16)19(12-28)26(30)36-21)25(34)20-9-10-31-27(32-20)35-13-15-11-18-14(2)24(18)33(15)3/h9-10,14-16,18,24H,4-8,11,13,29-30H2,1-3H3/b23-17-/t14-,15-,16-,18?,24?/m0/s1. The molecule has 0 spiro atoms. The molecule has 2 unspecified atom stereocenters. The van der Waals surface area contributed by atoms with Crippen molar-refractivity contribution in [3.63, 3.8) is 0 Å². The minimum absolute atomic E-state index is 0.188. The number of carbonyl (C=O) groups excluding carboxylic acids is 1. The first-order valence-electron chi connectivity index (χ1n) is 12.9. The van der Waals surface area contributed by atoms with E-state index in [-0.39, 0.29) is 23.4 Å². The Hall–Kier alpha value is -2.96. The summed E-state index contributed by atoms with van der Waals surface area (Å²) in [6.07, 6.45) is 6.61. The summed E-state index contributed by atoms with van der Waals surface area (Å²) in [5.74, 6) is 1.14. The van der Waals surface area contributed by atoms with E-state index in [0.29, 0.717) is 46.9 Å². The van der Waals surface area contributed by atoms with Crippen LogP contribution in [0.3, 0.4) is 0 Å². The van der Waals surface area contributed by atoms with E-state index in [1.807, 2.05) is 6.92 Å². The van der Waals surface area contributed by atoms with Gasteiger partial charge in [0, 0.05) is 40.3 Å². The predicted octanol–water partition coefficient (Wildman–Crippen LogP) is 4.03. The van der Waals surface area contributed by atoms with E-state index in [4.69, 9.17) is 16.2 Å². The summed E-state index contributed by atoms with van der Waals surface area (Å²) in [5.41, 5.74) is 15.6. The SMILES string of the molecule is CCC/C(C(=O)c1ccnc(OC[C@@H]2CC3C([C@H]3C)N2C)n1)=C(/N)[C@H]1CCCc2sc(N)c(C#N)c21. The first-order valence-corrected chi connectivity index (χ1v) is 13.7. The fourth-order valence-electron chi connectivity index (χ4n) is 6.27. The summed E-state index contributed by atoms with van der Waals surface area (Å²) in [6.45, 7) is 4.83. The van der Waals surface area contributed by atoms with Crippen LogP contribution in [0.25, 0.3) is 0 Å². The second kappa shape index (κ2) is 9.83. The summed E-state index contributed by atoms with van der Waals surface area (Å²) >= 11 is 1.46. The van der Waals surface area contributed by atoms with Crippen LogP contribution in [0.2, 0.25) is 0 Å². The third-order valence-electron chi connectivity index (χ3n) is 8.28. The van der Waals surface area contributed by atoms with E-state index in [9.17, 15) is 10.1 Å². The zero-order valence-electron chi connectivity index (χ0n) is 21.2. The normalized spacial score (nSPS) is 27.6. The molecule has 5 rings (SSSR count). The van der Waals surface area contributed by atoms with Gasteiger partial charge in [-0.15, -0.1) is 11.3 Å². The molecule has 36 heavy (non-hydrogen) atoms. The molecule has 0 amide bonds. The van der Waals surface area contributed by atoms with Crippen molar-refractivity contribution in [3.8, 4) is 12.1 Å². The number of ether oxygens (including phenoxy) is 1. The van der Waals surface area contributed by atoms with Crippen molar-refractivity contribution in [2.24, 2.45) is 17.6 Å². The highest BCUT2D eigenvalue weighted by molar-refractivity contribution is 7.16. The number of nitriles is 1. The molecule has 1 saturated carbocycles. The quantitative estimate of drug-likeness (QED) is 0.405. The molecule has 4 N–H and O–H groups in total. The zero-order valence-corrected chi connectivity index (χ0v) is 22.0. The topological polar surface area (TPSA) is 131 Å². The number of nitrogens with zero attached hydrogens (tertiary/aromatic N) is 4. The predicted molar refractivity (Wildman–Crippen MR) is 140 cm³/mol. The average Bonchev–Trinajstić information content (AvgIpc) is 3.20. The number of rotatable bonds is 8. The second-order valence-corrected chi connectivity index (χ2v) is 11.5. The highest BCUT2D eigenvalue weighted by atomic mass is 32.1. The number of nitrogen functional groups attached to an aromatic ring is 1. The van der Waals surface area contributed by atoms with Crippen molar-refractivity contribution >= 4 is 22.1 Å². The summed E-state index contributed by atoms with van der Waals surface area (Å²) in [6, 6.07) is 5.10. The van der Waals surface area contributed by atoms with Gasteiger partial charge in [0.2, 0.25) is 5.78 Å². The molecule has 2 fully saturated rings. The number of Topliss-reactive ketones (excluding diaryl/α,β-unsaturated/α-hetero) is 1. The van der Waals surface area contributed by atoms with Gasteiger partial charge in [0.1, 0.15) is 23.4 Å². The molecule has 5 atom stereocenters. The molecule has 2 aromatic rings. The lowest BCUT2D eigenvalue weighted by atomic mass is 9.80. The number of carbonyl (C=O) groups is 1. The van der Waals surface area contributed by atoms with Crippen molar-refractivity contribution in [2.75, 3.05) is 19.4 Å². The van der Waals surface area contributed by atoms with Gasteiger partial charge in [-0.2, -0.15) is 10.2 Å². The van der Waals surface area contributed by atoms with Gasteiger partial charge in [-0.3, -0.25) is 9.69 Å². The molecule has 9 heteroatoms. The number of fused-ring (bicyclic) bond motifs is 2. The maximum atomic E-state index is 13.7. The van der Waals surface area contributed by atoms with E-state index in [1.165, 1.54) is 11.3 Å². The van der Waals surface area contributed by atoms with Crippen molar-refractivity contribution in [1.82, 2.24) is 14.9 Å². The summed E-state index contributed by atoms with van der Waals surface area (Å²) in [5, 5.41) is 10.2. The lowest BCUT2D eigenvalue weighted by Crippen LogP contribution is -2.35. The van der Waals surface area contributed by atoms with Crippen LogP contribution < -0.4 is 16.2 Å². The Morgan fingerprint density at radius 1 is 1.42 bits per heavy atom. The van der Waals surface area contributed by atoms with Crippen LogP contribution in [0.15, 0.2) is 23.5 Å². The average molecular weight is 507 g/mol. The van der Waals surface area contributed by atoms with Crippen LogP contribution in [0.5, 0.6) is 6.01 Å². The van der Waals surface area contributed by atoms with Gasteiger partial charge in [0.25, 0.3) is 0 Å². The number of allylic oxidation sites excluding steroid dienone is 2. The van der Waals surface area contributed by atoms with E-state index in [2.05, 4.69) is 34.9 Å². The van der Waals surface area contributed by atoms with Crippen LogP contribution in [0.1, 0.15) is 78.4 Å². The molecule has 0 radical (unpaired) electrons. The molecule has 2 aliphatic carbocycles. The third-order valence-corrected chi connectivity index (χ3v) is 9.37. The fourth-order valence-corrected chi connectivity index (χ4v) is 7.40. The van der Waals surface area contributed by atoms with E-state index < -0.39 is 0 Å². The number of likely N-dealkylation sites (tertiary alicyclic amines) is 1. The largest absolute Gasteiger partial charge is 0.462 e. The van der Waals surface area contributed by atoms with Gasteiger partial charge in [0.15, 0.2) is 0 Å². The van der Waals surface area contributed by atoms with Crippen molar-refractivity contribution in [3.05, 3.63) is 45.2 Å². The lowest BCUT2D eigenvalue weighted by Gasteiger charge is -2.25. The van der Waals surface area contributed by atoms with Gasteiger partial charge in [0.05, 0.1) is 5.56 Å². The number of thiophene rings is 1. The molecule has 1 aliphatic heterocycles. The minimum atomic E-state index is -0.205. The van der Waals surface area contributed by atoms with Crippen LogP contribution in [0, 0.1) is 23.2 Å². The number of ketones is 1. The molecule has 190 valence electrons. The van der Waals surface area contributed by atoms with Crippen molar-refractivity contribution in [2.45, 2.75) is 70.4 Å². The molecule has 3 aliphatic rings. The lowest BCUT2D eigenvalue weighted by molar-refractivity contribution is 0.102. The van der Waals surface area contributed by atoms with Crippen molar-refractivity contribution < 1.29 is 9.53 Å². The zero-order chi connectivity index (χ0) is 25.6. The first-order chi connectivity index (χ1) is 17.3. The molecule has 0 bridgehead atoms. The van der Waals surface area contributed by atoms with Crippen LogP contribution in [-0.4, -0.2) is 46.4 Å². The summed E-state index contributed by atoms with van der Waals surface area (Å²) in [7, 11) is 2.16. The smallest absolute Gasteiger partial charge is 0.317 e. The van der Waals surface area contributed by atoms with Gasteiger partial charge in [-0.25, -0.2) is 4.98 Å². The Kier molecular flexibility index (Phi) is 6.75. The molecule has 2 aromatic heterocycles. The number of likely N-dealkylation sites (N-methyl/N-ethyl adjacent to an activating group) is 1. The number of hydrogen-bond acceptors (Lipinski definition) is 9. The Bertz CT molecular complexity index is 1250. The number of piperidine rings is 1. The number of aromatic nitrogens is 2. The first kappa shape index (κ1) is 24.7. The molecular weight excluding hydrogens is 472 g/mol. The fraction of sp³-hybridized carbons (Fsp3) is 0.556. The Morgan fingerprint density at radius 3 is 2.92 bits per heavy atom. The Labute approximate surface area is 216 Å². The highest BCUT2D eigenvalue weighted by Crippen LogP contribution is 2.52. The Morgan fingerprint density at radius 2 is 2.22 bits per heavy atom. The molecule has 1 saturated heterocycles. The second-order valence-electron chi connectivity index (χ2n) is 10.4. The van der Waals surface area contributed by atoms with Gasteiger partial charge in [-0.05, 0) is 62.6 Å². The van der Waals surface area contributed by atoms with Crippen LogP contribution in [-0.2, 0) is 6.42 Å². The van der Waals surface area contributed by atoms with Gasteiger partial charge < -0.3 is 16.2 Å². The Balaban J connectivity index is 1.37. The molecular formula is C27H34N6O2S. The van der Waals surface area contributed by atoms with E-state index in [1.54, 1.807) is 12.3 Å². The maximum absolute atomic E-state index is 13.7. The summed E-state index contributed by atoms with van der Waals surface area (Å²) < 4.78 is 5.94. The monoisotopic (exact) mass is 506 g/mol. The molecule has 8 nitrogen and oxygen atoms in total. The van der Waals surface area contributed by atoms with E-state index in [0.717, 1.165) is 54.4 Å². The highest BCUT2D eigenvalue weighted by Gasteiger charge is 2.56. The number of nitrogens with two attached hydrogens (primary N) is 2. The third kappa shape index (κ3) is 4.27. The number of anilines is 1.